The number of nitrogens with two attached hydrogens (primary N) is 2. The fraction of sp³-hybridized carbons (Fsp3) is 0.320. The first-order chi connectivity index (χ1) is 17.2. The third-order valence-electron chi connectivity index (χ3n) is 5.29. The molecule has 0 fully saturated rings. The molecule has 0 heterocycles. The summed E-state index contributed by atoms with van der Waals surface area (Å²) in [4.78, 5) is 60.3. The summed E-state index contributed by atoms with van der Waals surface area (Å²) >= 11 is 0. The summed E-state index contributed by atoms with van der Waals surface area (Å²) in [5, 5.41) is 16.6. The van der Waals surface area contributed by atoms with Crippen molar-refractivity contribution in [3.63, 3.8) is 0 Å². The molecule has 0 saturated heterocycles. The number of carbonyl (C=O) groups excluding carboxylic acids is 4. The van der Waals surface area contributed by atoms with Crippen molar-refractivity contribution < 1.29 is 29.1 Å². The predicted molar refractivity (Wildman–Crippen MR) is 131 cm³/mol. The van der Waals surface area contributed by atoms with Crippen LogP contribution in [0.25, 0.3) is 0 Å². The van der Waals surface area contributed by atoms with E-state index < -0.39 is 54.3 Å². The van der Waals surface area contributed by atoms with Crippen molar-refractivity contribution in [1.82, 2.24) is 16.0 Å². The van der Waals surface area contributed by atoms with Crippen LogP contribution in [0.1, 0.15) is 24.0 Å². The molecule has 0 aliphatic carbocycles. The minimum atomic E-state index is -1.22. The predicted octanol–water partition coefficient (Wildman–Crippen LogP) is -0.765. The van der Waals surface area contributed by atoms with Crippen molar-refractivity contribution in [3.05, 3.63) is 71.8 Å². The second kappa shape index (κ2) is 14.2. The number of rotatable bonds is 14. The van der Waals surface area contributed by atoms with Crippen LogP contribution in [0.15, 0.2) is 60.7 Å². The Bertz CT molecular complexity index is 1050. The van der Waals surface area contributed by atoms with Crippen LogP contribution in [0.2, 0.25) is 0 Å². The molecule has 3 atom stereocenters. The van der Waals surface area contributed by atoms with E-state index in [9.17, 15) is 29.1 Å². The molecular weight excluding hydrogens is 466 g/mol. The fourth-order valence-corrected chi connectivity index (χ4v) is 3.38. The van der Waals surface area contributed by atoms with Gasteiger partial charge >= 0.3 is 5.97 Å². The zero-order valence-corrected chi connectivity index (χ0v) is 19.7. The van der Waals surface area contributed by atoms with Gasteiger partial charge in [-0.3, -0.25) is 19.2 Å². The Kier molecular flexibility index (Phi) is 11.1. The molecule has 0 bridgehead atoms. The van der Waals surface area contributed by atoms with Gasteiger partial charge in [0.25, 0.3) is 0 Å². The van der Waals surface area contributed by atoms with Crippen LogP contribution in [0.4, 0.5) is 0 Å². The SMILES string of the molecule is NC(=O)CCC(NC(=O)C(N)Cc1ccccc1)C(=O)NCC(=O)NC(Cc1ccccc1)C(=O)O. The minimum absolute atomic E-state index is 0.0620. The standard InChI is InChI=1S/C25H31N5O6/c26-18(13-16-7-3-1-4-8-16)23(33)30-19(11-12-21(27)31)24(34)28-15-22(32)29-20(25(35)36)14-17-9-5-2-6-10-17/h1-10,18-20H,11-15,26H2,(H2,27,31)(H,28,34)(H,29,32)(H,30,33)(H,35,36). The average molecular weight is 498 g/mol. The summed E-state index contributed by atoms with van der Waals surface area (Å²) in [5.74, 6) is -3.97. The maximum atomic E-state index is 12.7. The molecular formula is C25H31N5O6. The van der Waals surface area contributed by atoms with E-state index in [0.29, 0.717) is 0 Å². The summed E-state index contributed by atoms with van der Waals surface area (Å²) in [6, 6.07) is 14.5. The quantitative estimate of drug-likeness (QED) is 0.197. The molecule has 0 aliphatic rings. The van der Waals surface area contributed by atoms with Gasteiger partial charge in [0.15, 0.2) is 0 Å². The lowest BCUT2D eigenvalue weighted by Crippen LogP contribution is -2.54. The second-order valence-corrected chi connectivity index (χ2v) is 8.23. The highest BCUT2D eigenvalue weighted by atomic mass is 16.4. The molecule has 0 spiro atoms. The van der Waals surface area contributed by atoms with Crippen molar-refractivity contribution in [2.75, 3.05) is 6.54 Å². The molecule has 2 aromatic rings. The molecule has 36 heavy (non-hydrogen) atoms. The molecule has 2 aromatic carbocycles. The highest BCUT2D eigenvalue weighted by Crippen LogP contribution is 2.05. The zero-order valence-electron chi connectivity index (χ0n) is 19.7. The van der Waals surface area contributed by atoms with Gasteiger partial charge in [-0.15, -0.1) is 0 Å². The summed E-state index contributed by atoms with van der Waals surface area (Å²) in [5.41, 5.74) is 12.7. The summed E-state index contributed by atoms with van der Waals surface area (Å²) in [7, 11) is 0. The molecule has 11 heteroatoms. The van der Waals surface area contributed by atoms with Crippen LogP contribution < -0.4 is 27.4 Å². The van der Waals surface area contributed by atoms with Crippen LogP contribution >= 0.6 is 0 Å². The van der Waals surface area contributed by atoms with Gasteiger partial charge in [0.2, 0.25) is 23.6 Å². The number of benzene rings is 2. The molecule has 0 saturated carbocycles. The topological polar surface area (TPSA) is 194 Å². The van der Waals surface area contributed by atoms with Gasteiger partial charge in [-0.25, -0.2) is 4.79 Å². The lowest BCUT2D eigenvalue weighted by Gasteiger charge is -2.21. The van der Waals surface area contributed by atoms with E-state index in [4.69, 9.17) is 11.5 Å². The molecule has 2 rings (SSSR count). The lowest BCUT2D eigenvalue weighted by molar-refractivity contribution is -0.141. The Morgan fingerprint density at radius 2 is 1.33 bits per heavy atom. The molecule has 0 aliphatic heterocycles. The second-order valence-electron chi connectivity index (χ2n) is 8.23. The summed E-state index contributed by atoms with van der Waals surface area (Å²) < 4.78 is 0. The first-order valence-electron chi connectivity index (χ1n) is 11.4. The molecule has 11 nitrogen and oxygen atoms in total. The third kappa shape index (κ3) is 9.94. The summed E-state index contributed by atoms with van der Waals surface area (Å²) in [6.07, 6.45) is 0.0126. The van der Waals surface area contributed by atoms with E-state index in [0.717, 1.165) is 11.1 Å². The number of nitrogens with one attached hydrogen (secondary N) is 3. The number of amides is 4. The Morgan fingerprint density at radius 3 is 1.86 bits per heavy atom. The zero-order chi connectivity index (χ0) is 26.5. The van der Waals surface area contributed by atoms with Crippen LogP contribution in [0.5, 0.6) is 0 Å². The molecule has 8 N–H and O–H groups in total. The molecule has 4 amide bonds. The van der Waals surface area contributed by atoms with Gasteiger partial charge in [0.05, 0.1) is 12.6 Å². The maximum Gasteiger partial charge on any atom is 0.326 e. The largest absolute Gasteiger partial charge is 0.480 e. The minimum Gasteiger partial charge on any atom is -0.480 e. The number of hydrogen-bond donors (Lipinski definition) is 6. The highest BCUT2D eigenvalue weighted by molar-refractivity contribution is 5.93. The molecule has 3 unspecified atom stereocenters. The molecule has 192 valence electrons. The van der Waals surface area contributed by atoms with Gasteiger partial charge in [0, 0.05) is 12.8 Å². The number of carboxylic acids is 1. The first kappa shape index (κ1) is 28.0. The number of primary amides is 1. The highest BCUT2D eigenvalue weighted by Gasteiger charge is 2.26. The number of hydrogen-bond acceptors (Lipinski definition) is 6. The monoisotopic (exact) mass is 497 g/mol. The van der Waals surface area contributed by atoms with Gasteiger partial charge in [-0.2, -0.15) is 0 Å². The fourth-order valence-electron chi connectivity index (χ4n) is 3.38. The Balaban J connectivity index is 1.93. The smallest absolute Gasteiger partial charge is 0.326 e. The van der Waals surface area contributed by atoms with Crippen LogP contribution in [0.3, 0.4) is 0 Å². The van der Waals surface area contributed by atoms with Crippen molar-refractivity contribution in [1.29, 1.82) is 0 Å². The van der Waals surface area contributed by atoms with Crippen LogP contribution in [-0.4, -0.2) is 59.4 Å². The number of aliphatic carboxylic acids is 1. The van der Waals surface area contributed by atoms with Gasteiger partial charge in [-0.05, 0) is 24.0 Å². The van der Waals surface area contributed by atoms with Crippen molar-refractivity contribution in [2.45, 2.75) is 43.8 Å². The van der Waals surface area contributed by atoms with Gasteiger partial charge < -0.3 is 32.5 Å². The van der Waals surface area contributed by atoms with E-state index in [1.807, 2.05) is 30.3 Å². The van der Waals surface area contributed by atoms with E-state index in [1.54, 1.807) is 30.3 Å². The van der Waals surface area contributed by atoms with E-state index in [2.05, 4.69) is 16.0 Å². The number of carboxylic acid groups (broad SMARTS) is 1. The van der Waals surface area contributed by atoms with E-state index in [1.165, 1.54) is 0 Å². The van der Waals surface area contributed by atoms with E-state index in [-0.39, 0.29) is 25.7 Å². The number of carbonyl (C=O) groups is 5. The molecule has 0 aromatic heterocycles. The Labute approximate surface area is 208 Å². The first-order valence-corrected chi connectivity index (χ1v) is 11.4. The van der Waals surface area contributed by atoms with Crippen LogP contribution in [-0.2, 0) is 36.8 Å². The van der Waals surface area contributed by atoms with Crippen LogP contribution in [0, 0.1) is 0 Å². The van der Waals surface area contributed by atoms with E-state index >= 15 is 0 Å². The van der Waals surface area contributed by atoms with Gasteiger partial charge in [0.1, 0.15) is 12.1 Å². The maximum absolute atomic E-state index is 12.7. The normalized spacial score (nSPS) is 13.0. The average Bonchev–Trinajstić information content (AvgIpc) is 2.85. The van der Waals surface area contributed by atoms with Crippen molar-refractivity contribution in [2.24, 2.45) is 11.5 Å². The van der Waals surface area contributed by atoms with Crippen molar-refractivity contribution in [3.8, 4) is 0 Å². The Morgan fingerprint density at radius 1 is 0.778 bits per heavy atom. The molecule has 0 radical (unpaired) electrons. The van der Waals surface area contributed by atoms with Gasteiger partial charge in [-0.1, -0.05) is 60.7 Å². The van der Waals surface area contributed by atoms with Crippen molar-refractivity contribution >= 4 is 29.6 Å². The Hall–Kier alpha value is -4.25. The third-order valence-corrected chi connectivity index (χ3v) is 5.29. The summed E-state index contributed by atoms with van der Waals surface area (Å²) in [6.45, 7) is -0.531. The lowest BCUT2D eigenvalue weighted by atomic mass is 10.0.